The first kappa shape index (κ1) is 12.4. The maximum absolute atomic E-state index is 10.9. The highest BCUT2D eigenvalue weighted by Crippen LogP contribution is 2.59. The summed E-state index contributed by atoms with van der Waals surface area (Å²) in [6.45, 7) is 8.16. The van der Waals surface area contributed by atoms with E-state index in [2.05, 4.69) is 13.0 Å². The van der Waals surface area contributed by atoms with E-state index in [1.807, 2.05) is 26.8 Å². The topological polar surface area (TPSA) is 29.5 Å². The van der Waals surface area contributed by atoms with Gasteiger partial charge in [-0.15, -0.1) is 0 Å². The molecule has 2 rings (SSSR count). The van der Waals surface area contributed by atoms with E-state index in [-0.39, 0.29) is 5.41 Å². The Labute approximate surface area is 104 Å². The molecule has 2 heteroatoms. The average molecular weight is 234 g/mol. The molecular weight excluding hydrogens is 212 g/mol. The minimum Gasteiger partial charge on any atom is -0.496 e. The molecular formula is C15H22O2. The fraction of sp³-hybridized carbons (Fsp3) is 0.600. The first-order valence-corrected chi connectivity index (χ1v) is 6.20. The molecule has 0 aromatic heterocycles. The van der Waals surface area contributed by atoms with E-state index < -0.39 is 5.60 Å². The molecule has 0 aliphatic heterocycles. The Kier molecular flexibility index (Phi) is 2.74. The maximum atomic E-state index is 10.9. The lowest BCUT2D eigenvalue weighted by Gasteiger charge is -2.34. The number of aliphatic hydroxyl groups is 1. The monoisotopic (exact) mass is 234 g/mol. The Morgan fingerprint density at radius 2 is 1.88 bits per heavy atom. The molecule has 1 aliphatic rings. The predicted molar refractivity (Wildman–Crippen MR) is 69.4 cm³/mol. The molecule has 1 saturated carbocycles. The van der Waals surface area contributed by atoms with Crippen LogP contribution in [-0.4, -0.2) is 12.2 Å². The predicted octanol–water partition coefficient (Wildman–Crippen LogP) is 3.32. The number of hydrogen-bond donors (Lipinski definition) is 1. The van der Waals surface area contributed by atoms with Crippen molar-refractivity contribution in [2.24, 2.45) is 5.41 Å². The van der Waals surface area contributed by atoms with Crippen molar-refractivity contribution in [1.29, 1.82) is 0 Å². The lowest BCUT2D eigenvalue weighted by atomic mass is 9.78. The zero-order valence-electron chi connectivity index (χ0n) is 11.4. The maximum Gasteiger partial charge on any atom is 0.125 e. The first-order valence-electron chi connectivity index (χ1n) is 6.20. The van der Waals surface area contributed by atoms with Crippen LogP contribution in [0.25, 0.3) is 0 Å². The van der Waals surface area contributed by atoms with Gasteiger partial charge >= 0.3 is 0 Å². The molecule has 17 heavy (non-hydrogen) atoms. The second-order valence-electron chi connectivity index (χ2n) is 5.79. The van der Waals surface area contributed by atoms with Gasteiger partial charge in [-0.25, -0.2) is 0 Å². The van der Waals surface area contributed by atoms with E-state index in [0.29, 0.717) is 0 Å². The fourth-order valence-corrected chi connectivity index (χ4v) is 2.69. The van der Waals surface area contributed by atoms with E-state index in [0.717, 1.165) is 29.7 Å². The molecule has 1 N–H and O–H groups in total. The van der Waals surface area contributed by atoms with E-state index in [1.165, 1.54) is 5.56 Å². The summed E-state index contributed by atoms with van der Waals surface area (Å²) >= 11 is 0. The molecule has 1 aliphatic carbocycles. The summed E-state index contributed by atoms with van der Waals surface area (Å²) in [6, 6.07) is 4.11. The minimum absolute atomic E-state index is 0.000296. The molecule has 0 amide bonds. The van der Waals surface area contributed by atoms with Crippen molar-refractivity contribution in [2.75, 3.05) is 7.11 Å². The van der Waals surface area contributed by atoms with Gasteiger partial charge in [0, 0.05) is 11.0 Å². The minimum atomic E-state index is -0.809. The molecule has 0 saturated heterocycles. The van der Waals surface area contributed by atoms with Crippen molar-refractivity contribution >= 4 is 0 Å². The van der Waals surface area contributed by atoms with E-state index in [4.69, 9.17) is 4.74 Å². The number of rotatable bonds is 3. The molecule has 94 valence electrons. The van der Waals surface area contributed by atoms with Crippen molar-refractivity contribution in [3.8, 4) is 5.75 Å². The highest BCUT2D eigenvalue weighted by molar-refractivity contribution is 5.48. The lowest BCUT2D eigenvalue weighted by molar-refractivity contribution is -0.0151. The molecule has 0 bridgehead atoms. The Balaban J connectivity index is 2.58. The summed E-state index contributed by atoms with van der Waals surface area (Å²) in [5, 5.41) is 10.9. The van der Waals surface area contributed by atoms with Crippen LogP contribution < -0.4 is 4.74 Å². The van der Waals surface area contributed by atoms with Gasteiger partial charge in [0.1, 0.15) is 5.75 Å². The molecule has 1 aromatic carbocycles. The molecule has 0 spiro atoms. The van der Waals surface area contributed by atoms with Crippen LogP contribution in [0.1, 0.15) is 43.4 Å². The van der Waals surface area contributed by atoms with Gasteiger partial charge in [-0.1, -0.05) is 13.0 Å². The van der Waals surface area contributed by atoms with Crippen LogP contribution in [0.3, 0.4) is 0 Å². The summed E-state index contributed by atoms with van der Waals surface area (Å²) in [4.78, 5) is 0. The van der Waals surface area contributed by atoms with E-state index >= 15 is 0 Å². The van der Waals surface area contributed by atoms with Gasteiger partial charge in [0.25, 0.3) is 0 Å². The smallest absolute Gasteiger partial charge is 0.125 e. The summed E-state index contributed by atoms with van der Waals surface area (Å²) in [7, 11) is 1.67. The van der Waals surface area contributed by atoms with Crippen LogP contribution in [0, 0.1) is 19.3 Å². The summed E-state index contributed by atoms with van der Waals surface area (Å²) in [5.41, 5.74) is 2.42. The quantitative estimate of drug-likeness (QED) is 0.869. The number of ether oxygens (including phenoxy) is 1. The molecule has 2 nitrogen and oxygen atoms in total. The van der Waals surface area contributed by atoms with Gasteiger partial charge in [0.05, 0.1) is 12.7 Å². The second-order valence-corrected chi connectivity index (χ2v) is 5.79. The second kappa shape index (κ2) is 3.74. The van der Waals surface area contributed by atoms with Crippen LogP contribution in [0.15, 0.2) is 12.1 Å². The largest absolute Gasteiger partial charge is 0.496 e. The SMILES string of the molecule is COc1cc(C)cc(C)c1C(C)(O)C1(C)CC1. The van der Waals surface area contributed by atoms with Gasteiger partial charge in [-0.2, -0.15) is 0 Å². The Bertz CT molecular complexity index is 442. The van der Waals surface area contributed by atoms with Gasteiger partial charge in [0.15, 0.2) is 0 Å². The molecule has 0 radical (unpaired) electrons. The summed E-state index contributed by atoms with van der Waals surface area (Å²) in [5.74, 6) is 0.806. The molecule has 1 fully saturated rings. The fourth-order valence-electron chi connectivity index (χ4n) is 2.69. The van der Waals surface area contributed by atoms with E-state index in [9.17, 15) is 5.11 Å². The third kappa shape index (κ3) is 1.85. The zero-order chi connectivity index (χ0) is 12.8. The highest BCUT2D eigenvalue weighted by Gasteiger charge is 2.54. The molecule has 1 unspecified atom stereocenters. The molecule has 1 atom stereocenters. The number of methoxy groups -OCH3 is 1. The third-order valence-electron chi connectivity index (χ3n) is 4.33. The zero-order valence-corrected chi connectivity index (χ0v) is 11.4. The van der Waals surface area contributed by atoms with Crippen molar-refractivity contribution in [1.82, 2.24) is 0 Å². The standard InChI is InChI=1S/C15H22O2/c1-10-8-11(2)13(12(9-10)17-5)15(4,16)14(3)6-7-14/h8-9,16H,6-7H2,1-5H3. The van der Waals surface area contributed by atoms with Gasteiger partial charge < -0.3 is 9.84 Å². The normalized spacial score (nSPS) is 20.8. The summed E-state index contributed by atoms with van der Waals surface area (Å²) in [6.07, 6.45) is 2.16. The van der Waals surface area contributed by atoms with Crippen molar-refractivity contribution in [3.05, 3.63) is 28.8 Å². The van der Waals surface area contributed by atoms with Crippen LogP contribution in [0.5, 0.6) is 5.75 Å². The van der Waals surface area contributed by atoms with Crippen molar-refractivity contribution in [2.45, 2.75) is 46.1 Å². The first-order chi connectivity index (χ1) is 7.82. The van der Waals surface area contributed by atoms with Gasteiger partial charge in [0.2, 0.25) is 0 Å². The molecule has 0 heterocycles. The highest BCUT2D eigenvalue weighted by atomic mass is 16.5. The lowest BCUT2D eigenvalue weighted by Crippen LogP contribution is -2.32. The van der Waals surface area contributed by atoms with Crippen molar-refractivity contribution < 1.29 is 9.84 Å². The Morgan fingerprint density at radius 3 is 2.35 bits per heavy atom. The van der Waals surface area contributed by atoms with Crippen LogP contribution in [0.4, 0.5) is 0 Å². The third-order valence-corrected chi connectivity index (χ3v) is 4.33. The van der Waals surface area contributed by atoms with Crippen molar-refractivity contribution in [3.63, 3.8) is 0 Å². The van der Waals surface area contributed by atoms with Crippen LogP contribution in [0.2, 0.25) is 0 Å². The van der Waals surface area contributed by atoms with Gasteiger partial charge in [-0.3, -0.25) is 0 Å². The van der Waals surface area contributed by atoms with Gasteiger partial charge in [-0.05, 0) is 50.8 Å². The summed E-state index contributed by atoms with van der Waals surface area (Å²) < 4.78 is 5.46. The van der Waals surface area contributed by atoms with Crippen LogP contribution in [-0.2, 0) is 5.60 Å². The number of benzene rings is 1. The van der Waals surface area contributed by atoms with Crippen LogP contribution >= 0.6 is 0 Å². The molecule has 1 aromatic rings. The number of hydrogen-bond acceptors (Lipinski definition) is 2. The Morgan fingerprint density at radius 1 is 1.29 bits per heavy atom. The van der Waals surface area contributed by atoms with E-state index in [1.54, 1.807) is 7.11 Å². The average Bonchev–Trinajstić information content (AvgIpc) is 2.96. The Hall–Kier alpha value is -1.02. The number of aryl methyl sites for hydroxylation is 2.